The molecule has 0 amide bonds. The molecule has 0 radical (unpaired) electrons. The molecule has 1 N–H and O–H groups in total. The van der Waals surface area contributed by atoms with Gasteiger partial charge in [-0.25, -0.2) is 8.42 Å². The number of nitrogens with zero attached hydrogens (tertiary/aromatic N) is 3. The van der Waals surface area contributed by atoms with E-state index in [0.717, 1.165) is 22.6 Å². The van der Waals surface area contributed by atoms with E-state index in [-0.39, 0.29) is 4.90 Å². The summed E-state index contributed by atoms with van der Waals surface area (Å²) in [7, 11) is -2.08. The van der Waals surface area contributed by atoms with E-state index in [2.05, 4.69) is 14.9 Å². The molecule has 0 saturated carbocycles. The lowest BCUT2D eigenvalue weighted by Crippen LogP contribution is -2.13. The largest absolute Gasteiger partial charge is 0.497 e. The Morgan fingerprint density at radius 1 is 0.897 bits per heavy atom. The standard InChI is InChI=1S/C21H20N4O3S/c1-14-4-10-18(11-5-14)29(26,27)24-19-13-21-20(12-15(19)2)22-25(23-21)16-6-8-17(28-3)9-7-16/h4-13,24H,1-3H3. The van der Waals surface area contributed by atoms with Crippen molar-refractivity contribution in [1.82, 2.24) is 15.0 Å². The number of hydrogen-bond donors (Lipinski definition) is 1. The molecule has 0 aliphatic rings. The number of aryl methyl sites for hydroxylation is 2. The highest BCUT2D eigenvalue weighted by molar-refractivity contribution is 7.92. The maximum atomic E-state index is 12.7. The third kappa shape index (κ3) is 3.79. The topological polar surface area (TPSA) is 86.1 Å². The van der Waals surface area contributed by atoms with E-state index in [1.54, 1.807) is 37.4 Å². The van der Waals surface area contributed by atoms with Crippen molar-refractivity contribution in [3.63, 3.8) is 0 Å². The van der Waals surface area contributed by atoms with Gasteiger partial charge in [0.25, 0.3) is 10.0 Å². The van der Waals surface area contributed by atoms with Crippen LogP contribution in [-0.4, -0.2) is 30.5 Å². The van der Waals surface area contributed by atoms with Gasteiger partial charge in [0.15, 0.2) is 0 Å². The van der Waals surface area contributed by atoms with E-state index in [4.69, 9.17) is 4.74 Å². The fourth-order valence-corrected chi connectivity index (χ4v) is 4.05. The first-order valence-corrected chi connectivity index (χ1v) is 10.5. The fourth-order valence-electron chi connectivity index (χ4n) is 2.93. The second-order valence-corrected chi connectivity index (χ2v) is 8.44. The minimum absolute atomic E-state index is 0.212. The van der Waals surface area contributed by atoms with Crippen molar-refractivity contribution in [2.75, 3.05) is 11.8 Å². The third-order valence-corrected chi connectivity index (χ3v) is 5.99. The van der Waals surface area contributed by atoms with Gasteiger partial charge in [0.1, 0.15) is 16.8 Å². The summed E-state index contributed by atoms with van der Waals surface area (Å²) in [4.78, 5) is 1.73. The third-order valence-electron chi connectivity index (χ3n) is 4.61. The van der Waals surface area contributed by atoms with Crippen LogP contribution in [0.5, 0.6) is 5.75 Å². The van der Waals surface area contributed by atoms with Crippen molar-refractivity contribution in [1.29, 1.82) is 0 Å². The first-order chi connectivity index (χ1) is 13.9. The molecule has 0 aliphatic carbocycles. The average molecular weight is 408 g/mol. The predicted octanol–water partition coefficient (Wildman–Crippen LogP) is 3.85. The van der Waals surface area contributed by atoms with Crippen molar-refractivity contribution in [3.8, 4) is 11.4 Å². The van der Waals surface area contributed by atoms with Crippen LogP contribution in [0.1, 0.15) is 11.1 Å². The number of ether oxygens (including phenoxy) is 1. The maximum absolute atomic E-state index is 12.7. The zero-order chi connectivity index (χ0) is 20.6. The molecule has 4 rings (SSSR count). The second-order valence-electron chi connectivity index (χ2n) is 6.76. The Kier molecular flexibility index (Phi) is 4.71. The summed E-state index contributed by atoms with van der Waals surface area (Å²) < 4.78 is 33.3. The Labute approximate surface area is 169 Å². The molecule has 0 atom stereocenters. The predicted molar refractivity (Wildman–Crippen MR) is 112 cm³/mol. The molecule has 1 heterocycles. The second kappa shape index (κ2) is 7.21. The molecule has 0 unspecified atom stereocenters. The van der Waals surface area contributed by atoms with Gasteiger partial charge in [-0.1, -0.05) is 17.7 Å². The van der Waals surface area contributed by atoms with E-state index in [0.29, 0.717) is 16.7 Å². The van der Waals surface area contributed by atoms with E-state index < -0.39 is 10.0 Å². The van der Waals surface area contributed by atoms with Gasteiger partial charge >= 0.3 is 0 Å². The zero-order valence-corrected chi connectivity index (χ0v) is 17.1. The molecule has 8 heteroatoms. The highest BCUT2D eigenvalue weighted by Gasteiger charge is 2.17. The lowest BCUT2D eigenvalue weighted by molar-refractivity contribution is 0.414. The lowest BCUT2D eigenvalue weighted by atomic mass is 10.2. The van der Waals surface area contributed by atoms with Gasteiger partial charge in [-0.05, 0) is 67.9 Å². The van der Waals surface area contributed by atoms with Gasteiger partial charge < -0.3 is 4.74 Å². The van der Waals surface area contributed by atoms with Gasteiger partial charge in [0.05, 0.1) is 23.4 Å². The number of rotatable bonds is 5. The number of hydrogen-bond acceptors (Lipinski definition) is 5. The number of aromatic nitrogens is 3. The highest BCUT2D eigenvalue weighted by Crippen LogP contribution is 2.25. The summed E-state index contributed by atoms with van der Waals surface area (Å²) in [6.07, 6.45) is 0. The van der Waals surface area contributed by atoms with Crippen molar-refractivity contribution < 1.29 is 13.2 Å². The molecule has 29 heavy (non-hydrogen) atoms. The molecule has 148 valence electrons. The zero-order valence-electron chi connectivity index (χ0n) is 16.2. The number of sulfonamides is 1. The Morgan fingerprint density at radius 2 is 1.52 bits per heavy atom. The molecular formula is C21H20N4O3S. The van der Waals surface area contributed by atoms with Gasteiger partial charge in [0, 0.05) is 0 Å². The summed E-state index contributed by atoms with van der Waals surface area (Å²) in [5, 5.41) is 8.98. The molecular weight excluding hydrogens is 388 g/mol. The molecule has 0 saturated heterocycles. The molecule has 0 bridgehead atoms. The van der Waals surface area contributed by atoms with Crippen LogP contribution in [0.2, 0.25) is 0 Å². The summed E-state index contributed by atoms with van der Waals surface area (Å²) in [6, 6.07) is 17.6. The van der Waals surface area contributed by atoms with Gasteiger partial charge in [-0.15, -0.1) is 10.2 Å². The van der Waals surface area contributed by atoms with Crippen LogP contribution in [0.3, 0.4) is 0 Å². The average Bonchev–Trinajstić information content (AvgIpc) is 3.11. The van der Waals surface area contributed by atoms with E-state index >= 15 is 0 Å². The molecule has 0 spiro atoms. The van der Waals surface area contributed by atoms with Gasteiger partial charge in [0.2, 0.25) is 0 Å². The number of benzene rings is 3. The molecule has 0 fully saturated rings. The Morgan fingerprint density at radius 3 is 2.14 bits per heavy atom. The van der Waals surface area contributed by atoms with Gasteiger partial charge in [-0.2, -0.15) is 4.80 Å². The number of nitrogens with one attached hydrogen (secondary N) is 1. The van der Waals surface area contributed by atoms with Crippen molar-refractivity contribution >= 4 is 26.7 Å². The Bertz CT molecular complexity index is 1280. The number of anilines is 1. The van der Waals surface area contributed by atoms with Gasteiger partial charge in [-0.3, -0.25) is 4.72 Å². The van der Waals surface area contributed by atoms with Crippen LogP contribution in [0, 0.1) is 13.8 Å². The van der Waals surface area contributed by atoms with Crippen molar-refractivity contribution in [3.05, 3.63) is 71.8 Å². The smallest absolute Gasteiger partial charge is 0.261 e. The van der Waals surface area contributed by atoms with Crippen LogP contribution in [-0.2, 0) is 10.0 Å². The molecule has 3 aromatic carbocycles. The molecule has 1 aromatic heterocycles. The summed E-state index contributed by atoms with van der Waals surface area (Å²) >= 11 is 0. The minimum Gasteiger partial charge on any atom is -0.497 e. The Hall–Kier alpha value is -3.39. The minimum atomic E-state index is -3.69. The van der Waals surface area contributed by atoms with Crippen LogP contribution >= 0.6 is 0 Å². The summed E-state index contributed by atoms with van der Waals surface area (Å²) in [6.45, 7) is 3.74. The SMILES string of the molecule is COc1ccc(-n2nc3cc(C)c(NS(=O)(=O)c4ccc(C)cc4)cc3n2)cc1. The van der Waals surface area contributed by atoms with E-state index in [1.807, 2.05) is 44.2 Å². The Balaban J connectivity index is 1.68. The normalized spacial score (nSPS) is 11.6. The first-order valence-electron chi connectivity index (χ1n) is 8.97. The van der Waals surface area contributed by atoms with Crippen molar-refractivity contribution in [2.45, 2.75) is 18.7 Å². The number of methoxy groups -OCH3 is 1. The summed E-state index contributed by atoms with van der Waals surface area (Å²) in [5.41, 5.74) is 4.28. The van der Waals surface area contributed by atoms with Crippen LogP contribution in [0.15, 0.2) is 65.6 Å². The van der Waals surface area contributed by atoms with Crippen LogP contribution in [0.25, 0.3) is 16.7 Å². The maximum Gasteiger partial charge on any atom is 0.261 e. The summed E-state index contributed by atoms with van der Waals surface area (Å²) in [5.74, 6) is 0.745. The van der Waals surface area contributed by atoms with E-state index in [9.17, 15) is 8.42 Å². The molecule has 7 nitrogen and oxygen atoms in total. The van der Waals surface area contributed by atoms with Crippen LogP contribution < -0.4 is 9.46 Å². The molecule has 0 aliphatic heterocycles. The van der Waals surface area contributed by atoms with Crippen LogP contribution in [0.4, 0.5) is 5.69 Å². The quantitative estimate of drug-likeness (QED) is 0.542. The number of fused-ring (bicyclic) bond motifs is 1. The first kappa shape index (κ1) is 18.9. The van der Waals surface area contributed by atoms with Crippen molar-refractivity contribution in [2.24, 2.45) is 0 Å². The monoisotopic (exact) mass is 408 g/mol. The fraction of sp³-hybridized carbons (Fsp3) is 0.143. The highest BCUT2D eigenvalue weighted by atomic mass is 32.2. The van der Waals surface area contributed by atoms with E-state index in [1.165, 1.54) is 4.80 Å². The molecule has 4 aromatic rings. The lowest BCUT2D eigenvalue weighted by Gasteiger charge is -2.10.